The van der Waals surface area contributed by atoms with Gasteiger partial charge in [0.1, 0.15) is 0 Å². The van der Waals surface area contributed by atoms with Crippen molar-refractivity contribution >= 4 is 41.5 Å². The fourth-order valence-corrected chi connectivity index (χ4v) is 2.42. The van der Waals surface area contributed by atoms with Crippen LogP contribution < -0.4 is 10.6 Å². The molecule has 2 rings (SSSR count). The van der Waals surface area contributed by atoms with E-state index >= 15 is 0 Å². The molecule has 0 bridgehead atoms. The molecule has 0 radical (unpaired) electrons. The highest BCUT2D eigenvalue weighted by atomic mass is 127. The Balaban J connectivity index is 0.00000312. The van der Waals surface area contributed by atoms with Gasteiger partial charge in [0.05, 0.1) is 12.6 Å². The van der Waals surface area contributed by atoms with Crippen LogP contribution in [0.1, 0.15) is 29.7 Å². The molecule has 2 aromatic rings. The van der Waals surface area contributed by atoms with E-state index in [4.69, 9.17) is 11.6 Å². The summed E-state index contributed by atoms with van der Waals surface area (Å²) in [6.07, 6.45) is -0.621. The van der Waals surface area contributed by atoms with Gasteiger partial charge in [-0.15, -0.1) is 24.0 Å². The van der Waals surface area contributed by atoms with Crippen molar-refractivity contribution in [2.45, 2.75) is 26.5 Å². The molecule has 0 aliphatic heterocycles. The van der Waals surface area contributed by atoms with Crippen LogP contribution in [0.2, 0.25) is 5.02 Å². The predicted molar refractivity (Wildman–Crippen MR) is 116 cm³/mol. The van der Waals surface area contributed by atoms with Crippen molar-refractivity contribution < 1.29 is 5.11 Å². The quantitative estimate of drug-likeness (QED) is 0.337. The molecule has 0 aliphatic carbocycles. The second kappa shape index (κ2) is 11.3. The van der Waals surface area contributed by atoms with E-state index in [2.05, 4.69) is 34.7 Å². The zero-order valence-corrected chi connectivity index (χ0v) is 17.6. The summed E-state index contributed by atoms with van der Waals surface area (Å²) >= 11 is 5.87. The molecule has 0 spiro atoms. The molecule has 0 fully saturated rings. The van der Waals surface area contributed by atoms with Crippen molar-refractivity contribution in [2.24, 2.45) is 4.99 Å². The topological polar surface area (TPSA) is 56.7 Å². The van der Waals surface area contributed by atoms with Crippen LogP contribution in [0.25, 0.3) is 0 Å². The Morgan fingerprint density at radius 1 is 1.12 bits per heavy atom. The molecule has 0 aliphatic rings. The minimum atomic E-state index is -0.621. The minimum absolute atomic E-state index is 0. The second-order valence-electron chi connectivity index (χ2n) is 5.57. The first kappa shape index (κ1) is 21.7. The lowest BCUT2D eigenvalue weighted by molar-refractivity contribution is 0.181. The Morgan fingerprint density at radius 3 is 2.44 bits per heavy atom. The molecular formula is C19H25ClIN3O. The molecule has 6 heteroatoms. The van der Waals surface area contributed by atoms with E-state index in [0.717, 1.165) is 12.1 Å². The number of benzene rings is 2. The maximum atomic E-state index is 10.3. The van der Waals surface area contributed by atoms with E-state index in [9.17, 15) is 5.11 Å². The van der Waals surface area contributed by atoms with Gasteiger partial charge in [-0.3, -0.25) is 0 Å². The Bertz CT molecular complexity index is 677. The molecule has 0 amide bonds. The third-order valence-electron chi connectivity index (χ3n) is 3.73. The predicted octanol–water partition coefficient (Wildman–Crippen LogP) is 4.06. The number of aliphatic hydroxyl groups is 1. The van der Waals surface area contributed by atoms with Crippen molar-refractivity contribution in [3.63, 3.8) is 0 Å². The Labute approximate surface area is 171 Å². The van der Waals surface area contributed by atoms with Crippen molar-refractivity contribution in [1.82, 2.24) is 10.6 Å². The summed E-state index contributed by atoms with van der Waals surface area (Å²) in [6, 6.07) is 15.4. The summed E-state index contributed by atoms with van der Waals surface area (Å²) < 4.78 is 0. The van der Waals surface area contributed by atoms with Gasteiger partial charge in [0, 0.05) is 18.1 Å². The molecule has 2 aromatic carbocycles. The van der Waals surface area contributed by atoms with Crippen LogP contribution >= 0.6 is 35.6 Å². The standard InChI is InChI=1S/C19H24ClN3O.HI/c1-3-21-19(22-12-16-7-5-4-6-14(16)2)23-13-18(24)15-8-10-17(20)11-9-15;/h4-11,18,24H,3,12-13H2,1-2H3,(H2,21,22,23);1H. The third kappa shape index (κ3) is 7.22. The highest BCUT2D eigenvalue weighted by Crippen LogP contribution is 2.15. The van der Waals surface area contributed by atoms with E-state index in [1.165, 1.54) is 11.1 Å². The molecule has 25 heavy (non-hydrogen) atoms. The molecule has 1 atom stereocenters. The number of nitrogens with one attached hydrogen (secondary N) is 2. The molecule has 0 saturated carbocycles. The number of rotatable bonds is 6. The van der Waals surface area contributed by atoms with Crippen molar-refractivity contribution in [2.75, 3.05) is 13.1 Å². The summed E-state index contributed by atoms with van der Waals surface area (Å²) in [5, 5.41) is 17.3. The van der Waals surface area contributed by atoms with Crippen molar-refractivity contribution in [3.05, 3.63) is 70.2 Å². The van der Waals surface area contributed by atoms with Gasteiger partial charge in [-0.25, -0.2) is 4.99 Å². The van der Waals surface area contributed by atoms with Crippen LogP contribution in [-0.4, -0.2) is 24.2 Å². The number of halogens is 2. The highest BCUT2D eigenvalue weighted by Gasteiger charge is 2.08. The number of nitrogens with zero attached hydrogens (tertiary/aromatic N) is 1. The number of guanidine groups is 1. The SMILES string of the molecule is CCNC(=NCc1ccccc1C)NCC(O)c1ccc(Cl)cc1.I. The molecule has 136 valence electrons. The average Bonchev–Trinajstić information content (AvgIpc) is 2.59. The Hall–Kier alpha value is -1.31. The van der Waals surface area contributed by atoms with Gasteiger partial charge >= 0.3 is 0 Å². The summed E-state index contributed by atoms with van der Waals surface area (Å²) in [6.45, 7) is 5.83. The summed E-state index contributed by atoms with van der Waals surface area (Å²) in [7, 11) is 0. The largest absolute Gasteiger partial charge is 0.387 e. The number of aliphatic hydroxyl groups excluding tert-OH is 1. The monoisotopic (exact) mass is 473 g/mol. The van der Waals surface area contributed by atoms with Gasteiger partial charge in [-0.2, -0.15) is 0 Å². The van der Waals surface area contributed by atoms with E-state index in [0.29, 0.717) is 24.1 Å². The lowest BCUT2D eigenvalue weighted by Gasteiger charge is -2.16. The van der Waals surface area contributed by atoms with Crippen molar-refractivity contribution in [1.29, 1.82) is 0 Å². The van der Waals surface area contributed by atoms with Crippen LogP contribution in [0.5, 0.6) is 0 Å². The fraction of sp³-hybridized carbons (Fsp3) is 0.316. The zero-order chi connectivity index (χ0) is 17.4. The van der Waals surface area contributed by atoms with Gasteiger partial charge in [0.15, 0.2) is 5.96 Å². The summed E-state index contributed by atoms with van der Waals surface area (Å²) in [5.74, 6) is 0.689. The van der Waals surface area contributed by atoms with Crippen LogP contribution in [0.4, 0.5) is 0 Å². The number of hydrogen-bond acceptors (Lipinski definition) is 2. The maximum absolute atomic E-state index is 10.3. The van der Waals surface area contributed by atoms with E-state index in [1.54, 1.807) is 12.1 Å². The summed E-state index contributed by atoms with van der Waals surface area (Å²) in [4.78, 5) is 4.59. The van der Waals surface area contributed by atoms with Gasteiger partial charge in [-0.05, 0) is 42.7 Å². The number of aliphatic imine (C=N–C) groups is 1. The minimum Gasteiger partial charge on any atom is -0.387 e. The van der Waals surface area contributed by atoms with Crippen LogP contribution in [-0.2, 0) is 6.54 Å². The van der Waals surface area contributed by atoms with Crippen LogP contribution in [0, 0.1) is 6.92 Å². The van der Waals surface area contributed by atoms with Gasteiger partial charge in [-0.1, -0.05) is 48.0 Å². The first-order valence-corrected chi connectivity index (χ1v) is 8.48. The normalized spacial score (nSPS) is 12.2. The molecule has 0 aromatic heterocycles. The molecule has 4 nitrogen and oxygen atoms in total. The lowest BCUT2D eigenvalue weighted by atomic mass is 10.1. The first-order chi connectivity index (χ1) is 11.6. The first-order valence-electron chi connectivity index (χ1n) is 8.10. The lowest BCUT2D eigenvalue weighted by Crippen LogP contribution is -2.39. The van der Waals surface area contributed by atoms with E-state index in [-0.39, 0.29) is 24.0 Å². The van der Waals surface area contributed by atoms with Crippen molar-refractivity contribution in [3.8, 4) is 0 Å². The van der Waals surface area contributed by atoms with Gasteiger partial charge in [0.25, 0.3) is 0 Å². The zero-order valence-electron chi connectivity index (χ0n) is 14.5. The number of aryl methyl sites for hydroxylation is 1. The molecule has 3 N–H and O–H groups in total. The maximum Gasteiger partial charge on any atom is 0.191 e. The Morgan fingerprint density at radius 2 is 1.80 bits per heavy atom. The molecular weight excluding hydrogens is 449 g/mol. The average molecular weight is 474 g/mol. The highest BCUT2D eigenvalue weighted by molar-refractivity contribution is 14.0. The van der Waals surface area contributed by atoms with Gasteiger partial charge in [0.2, 0.25) is 0 Å². The van der Waals surface area contributed by atoms with E-state index < -0.39 is 6.10 Å². The molecule has 1 unspecified atom stereocenters. The molecule has 0 heterocycles. The molecule has 0 saturated heterocycles. The third-order valence-corrected chi connectivity index (χ3v) is 3.98. The summed E-state index contributed by atoms with van der Waals surface area (Å²) in [5.41, 5.74) is 3.23. The fourth-order valence-electron chi connectivity index (χ4n) is 2.29. The van der Waals surface area contributed by atoms with Gasteiger partial charge < -0.3 is 15.7 Å². The van der Waals surface area contributed by atoms with Crippen LogP contribution in [0.3, 0.4) is 0 Å². The van der Waals surface area contributed by atoms with E-state index in [1.807, 2.05) is 31.2 Å². The van der Waals surface area contributed by atoms with Crippen LogP contribution in [0.15, 0.2) is 53.5 Å². The Kier molecular flexibility index (Phi) is 9.85. The number of hydrogen-bond donors (Lipinski definition) is 3. The smallest absolute Gasteiger partial charge is 0.191 e. The second-order valence-corrected chi connectivity index (χ2v) is 6.01.